The lowest BCUT2D eigenvalue weighted by molar-refractivity contribution is -0.145. The molecule has 4 heterocycles. The molecule has 1 aromatic heterocycles. The molecule has 0 spiro atoms. The number of likely N-dealkylation sites (N-methyl/N-ethyl adjacent to an activating group) is 1. The topological polar surface area (TPSA) is 78.8 Å². The summed E-state index contributed by atoms with van der Waals surface area (Å²) >= 11 is 0. The SMILES string of the molecule is Cc1cc(C)n(CC(=O)N2C[C@@H]3CC[C@H](C2)N(CC(=O)N(C)C)C3=O)n1. The first kappa shape index (κ1) is 18.4. The van der Waals surface area contributed by atoms with Gasteiger partial charge in [-0.15, -0.1) is 0 Å². The molecule has 4 rings (SSSR count). The number of nitrogens with zero attached hydrogens (tertiary/aromatic N) is 5. The standard InChI is InChI=1S/C18H27N5O3/c1-12-7-13(2)23(19-12)11-17(25)21-8-14-5-6-15(9-21)22(18(14)26)10-16(24)20(3)4/h7,14-15H,5-6,8-11H2,1-4H3/t14-,15+/m0/s1. The molecule has 0 saturated carbocycles. The Morgan fingerprint density at radius 3 is 2.54 bits per heavy atom. The normalized spacial score (nSPS) is 22.5. The van der Waals surface area contributed by atoms with Gasteiger partial charge >= 0.3 is 0 Å². The first-order valence-corrected chi connectivity index (χ1v) is 9.05. The zero-order chi connectivity index (χ0) is 19.0. The van der Waals surface area contributed by atoms with Crippen molar-refractivity contribution in [3.05, 3.63) is 17.5 Å². The van der Waals surface area contributed by atoms with E-state index in [1.807, 2.05) is 19.9 Å². The molecule has 3 aliphatic rings. The van der Waals surface area contributed by atoms with Crippen LogP contribution in [-0.2, 0) is 20.9 Å². The lowest BCUT2D eigenvalue weighted by Gasteiger charge is -2.35. The molecule has 0 radical (unpaired) electrons. The predicted molar refractivity (Wildman–Crippen MR) is 95.2 cm³/mol. The van der Waals surface area contributed by atoms with Crippen molar-refractivity contribution in [2.45, 2.75) is 39.3 Å². The second-order valence-electron chi connectivity index (χ2n) is 7.57. The van der Waals surface area contributed by atoms with Gasteiger partial charge in [0.15, 0.2) is 0 Å². The van der Waals surface area contributed by atoms with Crippen molar-refractivity contribution in [1.29, 1.82) is 0 Å². The van der Waals surface area contributed by atoms with Crippen LogP contribution >= 0.6 is 0 Å². The summed E-state index contributed by atoms with van der Waals surface area (Å²) in [7, 11) is 3.38. The Kier molecular flexibility index (Phi) is 5.02. The van der Waals surface area contributed by atoms with Gasteiger partial charge in [-0.3, -0.25) is 19.1 Å². The summed E-state index contributed by atoms with van der Waals surface area (Å²) in [5.41, 5.74) is 1.83. The zero-order valence-electron chi connectivity index (χ0n) is 15.9. The van der Waals surface area contributed by atoms with Crippen molar-refractivity contribution in [2.24, 2.45) is 5.92 Å². The molecule has 3 amide bonds. The van der Waals surface area contributed by atoms with Crippen molar-refractivity contribution in [3.8, 4) is 0 Å². The minimum absolute atomic E-state index is 0.00198. The van der Waals surface area contributed by atoms with E-state index in [-0.39, 0.29) is 42.8 Å². The fourth-order valence-corrected chi connectivity index (χ4v) is 3.80. The van der Waals surface area contributed by atoms with Gasteiger partial charge in [0.25, 0.3) is 0 Å². The van der Waals surface area contributed by atoms with Gasteiger partial charge in [0.1, 0.15) is 13.1 Å². The lowest BCUT2D eigenvalue weighted by atomic mass is 9.94. The van der Waals surface area contributed by atoms with E-state index in [0.717, 1.165) is 24.2 Å². The van der Waals surface area contributed by atoms with Crippen LogP contribution in [0.2, 0.25) is 0 Å². The molecule has 3 saturated heterocycles. The number of carbonyl (C=O) groups is 3. The molecule has 0 aromatic carbocycles. The highest BCUT2D eigenvalue weighted by Gasteiger charge is 2.42. The maximum Gasteiger partial charge on any atom is 0.244 e. The lowest BCUT2D eigenvalue weighted by Crippen LogP contribution is -2.51. The Bertz CT molecular complexity index is 726. The van der Waals surface area contributed by atoms with Crippen molar-refractivity contribution < 1.29 is 14.4 Å². The van der Waals surface area contributed by atoms with Gasteiger partial charge in [0.05, 0.1) is 11.6 Å². The number of rotatable bonds is 4. The smallest absolute Gasteiger partial charge is 0.244 e. The number of hydrogen-bond donors (Lipinski definition) is 0. The number of hydrogen-bond acceptors (Lipinski definition) is 4. The third-order valence-corrected chi connectivity index (χ3v) is 5.34. The Labute approximate surface area is 153 Å². The van der Waals surface area contributed by atoms with Gasteiger partial charge in [-0.25, -0.2) is 0 Å². The van der Waals surface area contributed by atoms with Crippen LogP contribution in [0.15, 0.2) is 6.07 Å². The third kappa shape index (κ3) is 3.59. The molecule has 2 bridgehead atoms. The largest absolute Gasteiger partial charge is 0.347 e. The van der Waals surface area contributed by atoms with Crippen LogP contribution in [-0.4, -0.2) is 82.0 Å². The van der Waals surface area contributed by atoms with Crippen LogP contribution in [0.25, 0.3) is 0 Å². The first-order chi connectivity index (χ1) is 12.3. The van der Waals surface area contributed by atoms with E-state index in [4.69, 9.17) is 0 Å². The van der Waals surface area contributed by atoms with Gasteiger partial charge in [0.2, 0.25) is 17.7 Å². The average molecular weight is 361 g/mol. The molecule has 3 aliphatic heterocycles. The summed E-state index contributed by atoms with van der Waals surface area (Å²) < 4.78 is 1.71. The van der Waals surface area contributed by atoms with Crippen molar-refractivity contribution in [2.75, 3.05) is 33.7 Å². The molecule has 0 N–H and O–H groups in total. The summed E-state index contributed by atoms with van der Waals surface area (Å²) in [4.78, 5) is 42.6. The van der Waals surface area contributed by atoms with Gasteiger partial charge < -0.3 is 14.7 Å². The maximum atomic E-state index is 12.8. The van der Waals surface area contributed by atoms with E-state index in [2.05, 4.69) is 5.10 Å². The highest BCUT2D eigenvalue weighted by molar-refractivity contribution is 5.87. The molecule has 26 heavy (non-hydrogen) atoms. The Balaban J connectivity index is 1.72. The van der Waals surface area contributed by atoms with Gasteiger partial charge in [-0.05, 0) is 32.8 Å². The van der Waals surface area contributed by atoms with Crippen LogP contribution in [0.4, 0.5) is 0 Å². The van der Waals surface area contributed by atoms with E-state index in [1.54, 1.807) is 28.6 Å². The van der Waals surface area contributed by atoms with E-state index in [0.29, 0.717) is 13.1 Å². The minimum Gasteiger partial charge on any atom is -0.347 e. The number of carbonyl (C=O) groups excluding carboxylic acids is 3. The van der Waals surface area contributed by atoms with Crippen LogP contribution < -0.4 is 0 Å². The minimum atomic E-state index is -0.215. The fourth-order valence-electron chi connectivity index (χ4n) is 3.80. The van der Waals surface area contributed by atoms with Crippen molar-refractivity contribution in [1.82, 2.24) is 24.5 Å². The highest BCUT2D eigenvalue weighted by Crippen LogP contribution is 2.29. The molecule has 8 nitrogen and oxygen atoms in total. The fraction of sp³-hybridized carbons (Fsp3) is 0.667. The second-order valence-corrected chi connectivity index (χ2v) is 7.57. The van der Waals surface area contributed by atoms with Gasteiger partial charge in [-0.1, -0.05) is 0 Å². The summed E-state index contributed by atoms with van der Waals surface area (Å²) in [6.45, 7) is 5.02. The molecule has 0 aliphatic carbocycles. The van der Waals surface area contributed by atoms with E-state index in [9.17, 15) is 14.4 Å². The van der Waals surface area contributed by atoms with E-state index >= 15 is 0 Å². The molecule has 3 fully saturated rings. The highest BCUT2D eigenvalue weighted by atomic mass is 16.2. The number of amides is 3. The number of fused-ring (bicyclic) bond motifs is 4. The molecule has 1 aromatic rings. The molecular formula is C18H27N5O3. The summed E-state index contributed by atoms with van der Waals surface area (Å²) in [6.07, 6.45) is 1.61. The van der Waals surface area contributed by atoms with Crippen molar-refractivity contribution in [3.63, 3.8) is 0 Å². The summed E-state index contributed by atoms with van der Waals surface area (Å²) in [5, 5.41) is 4.35. The van der Waals surface area contributed by atoms with Crippen LogP contribution in [0.1, 0.15) is 24.2 Å². The maximum absolute atomic E-state index is 12.8. The van der Waals surface area contributed by atoms with Gasteiger partial charge in [-0.2, -0.15) is 5.10 Å². The molecular weight excluding hydrogens is 334 g/mol. The summed E-state index contributed by atoms with van der Waals surface area (Å²) in [6, 6.07) is 1.85. The average Bonchev–Trinajstić information content (AvgIpc) is 2.76. The van der Waals surface area contributed by atoms with E-state index in [1.165, 1.54) is 4.90 Å². The third-order valence-electron chi connectivity index (χ3n) is 5.34. The Morgan fingerprint density at radius 2 is 1.92 bits per heavy atom. The first-order valence-electron chi connectivity index (χ1n) is 9.05. The Morgan fingerprint density at radius 1 is 1.19 bits per heavy atom. The summed E-state index contributed by atoms with van der Waals surface area (Å²) in [5.74, 6) is -0.334. The van der Waals surface area contributed by atoms with Gasteiger partial charge in [0, 0.05) is 38.9 Å². The zero-order valence-corrected chi connectivity index (χ0v) is 15.9. The second kappa shape index (κ2) is 7.09. The van der Waals surface area contributed by atoms with E-state index < -0.39 is 0 Å². The molecule has 142 valence electrons. The van der Waals surface area contributed by atoms with Crippen LogP contribution in [0.5, 0.6) is 0 Å². The number of piperidine rings is 1. The number of aromatic nitrogens is 2. The monoisotopic (exact) mass is 361 g/mol. The number of aryl methyl sites for hydroxylation is 2. The predicted octanol–water partition coefficient (Wildman–Crippen LogP) is 0.0375. The quantitative estimate of drug-likeness (QED) is 0.758. The van der Waals surface area contributed by atoms with Crippen LogP contribution in [0.3, 0.4) is 0 Å². The van der Waals surface area contributed by atoms with Crippen LogP contribution in [0, 0.1) is 19.8 Å². The Hall–Kier alpha value is -2.38. The van der Waals surface area contributed by atoms with Crippen molar-refractivity contribution >= 4 is 17.7 Å². The molecule has 2 atom stereocenters. The molecule has 8 heteroatoms. The molecule has 0 unspecified atom stereocenters.